The Kier molecular flexibility index (Phi) is 6.33. The summed E-state index contributed by atoms with van der Waals surface area (Å²) in [4.78, 5) is 2.31. The van der Waals surface area contributed by atoms with Crippen molar-refractivity contribution in [2.24, 2.45) is 5.73 Å². The fraction of sp³-hybridized carbons (Fsp3) is 1.00. The molecule has 0 aromatic rings. The molecule has 0 radical (unpaired) electrons. The van der Waals surface area contributed by atoms with Gasteiger partial charge in [0, 0.05) is 18.7 Å². The van der Waals surface area contributed by atoms with Gasteiger partial charge in [0.15, 0.2) is 0 Å². The third-order valence-corrected chi connectivity index (χ3v) is 2.49. The highest BCUT2D eigenvalue weighted by Gasteiger charge is 2.12. The molecule has 2 N–H and O–H groups in total. The lowest BCUT2D eigenvalue weighted by Gasteiger charge is -2.25. The number of likely N-dealkylation sites (N-methyl/N-ethyl adjacent to an activating group) is 1. The van der Waals surface area contributed by atoms with Gasteiger partial charge < -0.3 is 15.4 Å². The molecule has 0 amide bonds. The molecule has 1 unspecified atom stereocenters. The smallest absolute Gasteiger partial charge is 0.0615 e. The summed E-state index contributed by atoms with van der Waals surface area (Å²) in [5.41, 5.74) is 5.88. The highest BCUT2D eigenvalue weighted by atomic mass is 16.5. The number of hydrogen-bond acceptors (Lipinski definition) is 3. The third kappa shape index (κ3) is 7.30. The van der Waals surface area contributed by atoms with E-state index in [1.165, 1.54) is 0 Å². The quantitative estimate of drug-likeness (QED) is 0.679. The van der Waals surface area contributed by atoms with Gasteiger partial charge in [-0.3, -0.25) is 0 Å². The predicted molar refractivity (Wildman–Crippen MR) is 61.5 cm³/mol. The fourth-order valence-electron chi connectivity index (χ4n) is 1.37. The zero-order valence-electron chi connectivity index (χ0n) is 10.3. The van der Waals surface area contributed by atoms with Crippen molar-refractivity contribution in [3.8, 4) is 0 Å². The Bertz CT molecular complexity index is 143. The summed E-state index contributed by atoms with van der Waals surface area (Å²) in [6.45, 7) is 8.21. The molecule has 0 aliphatic carbocycles. The van der Waals surface area contributed by atoms with Crippen molar-refractivity contribution in [1.29, 1.82) is 0 Å². The number of nitrogens with zero attached hydrogens (tertiary/aromatic N) is 1. The Morgan fingerprint density at radius 1 is 1.43 bits per heavy atom. The average Bonchev–Trinajstić information content (AvgIpc) is 2.02. The lowest BCUT2D eigenvalue weighted by atomic mass is 10.00. The van der Waals surface area contributed by atoms with E-state index in [9.17, 15) is 0 Å². The summed E-state index contributed by atoms with van der Waals surface area (Å²) < 4.78 is 5.11. The maximum absolute atomic E-state index is 5.91. The van der Waals surface area contributed by atoms with Crippen molar-refractivity contribution in [3.05, 3.63) is 0 Å². The summed E-state index contributed by atoms with van der Waals surface area (Å²) >= 11 is 0. The van der Waals surface area contributed by atoms with E-state index in [1.807, 2.05) is 0 Å². The van der Waals surface area contributed by atoms with Crippen molar-refractivity contribution >= 4 is 0 Å². The summed E-state index contributed by atoms with van der Waals surface area (Å²) in [6.07, 6.45) is 2.21. The van der Waals surface area contributed by atoms with Crippen LogP contribution in [0.2, 0.25) is 0 Å². The van der Waals surface area contributed by atoms with Crippen LogP contribution in [-0.2, 0) is 4.74 Å². The van der Waals surface area contributed by atoms with Crippen LogP contribution in [0.3, 0.4) is 0 Å². The molecule has 0 spiro atoms. The monoisotopic (exact) mass is 202 g/mol. The molecule has 3 nitrogen and oxygen atoms in total. The molecule has 0 rings (SSSR count). The summed E-state index contributed by atoms with van der Waals surface area (Å²) in [7, 11) is 3.88. The Hall–Kier alpha value is -0.120. The molecule has 0 bridgehead atoms. The molecule has 3 heteroatoms. The van der Waals surface area contributed by atoms with Crippen LogP contribution in [0.5, 0.6) is 0 Å². The lowest BCUT2D eigenvalue weighted by molar-refractivity contribution is 0.113. The Morgan fingerprint density at radius 3 is 2.43 bits per heavy atom. The molecular weight excluding hydrogens is 176 g/mol. The van der Waals surface area contributed by atoms with Crippen LogP contribution in [0.15, 0.2) is 0 Å². The van der Waals surface area contributed by atoms with Gasteiger partial charge in [-0.15, -0.1) is 0 Å². The Labute approximate surface area is 88.6 Å². The number of nitrogens with two attached hydrogens (primary N) is 1. The zero-order chi connectivity index (χ0) is 11.2. The van der Waals surface area contributed by atoms with Gasteiger partial charge in [0.1, 0.15) is 0 Å². The van der Waals surface area contributed by atoms with Crippen LogP contribution < -0.4 is 5.73 Å². The minimum Gasteiger partial charge on any atom is -0.383 e. The highest BCUT2D eigenvalue weighted by Crippen LogP contribution is 2.08. The molecule has 0 saturated carbocycles. The molecule has 0 aliphatic heterocycles. The highest BCUT2D eigenvalue weighted by molar-refractivity contribution is 4.72. The summed E-state index contributed by atoms with van der Waals surface area (Å²) in [5, 5.41) is 0. The van der Waals surface area contributed by atoms with E-state index in [-0.39, 0.29) is 5.54 Å². The Balaban J connectivity index is 3.58. The molecule has 86 valence electrons. The number of ether oxygens (including phenoxy) is 1. The van der Waals surface area contributed by atoms with E-state index in [0.717, 1.165) is 26.0 Å². The van der Waals surface area contributed by atoms with Gasteiger partial charge in [-0.2, -0.15) is 0 Å². The topological polar surface area (TPSA) is 38.5 Å². The van der Waals surface area contributed by atoms with E-state index in [1.54, 1.807) is 7.11 Å². The largest absolute Gasteiger partial charge is 0.383 e. The Morgan fingerprint density at radius 2 is 2.00 bits per heavy atom. The predicted octanol–water partition coefficient (Wildman–Crippen LogP) is 1.47. The average molecular weight is 202 g/mol. The number of methoxy groups -OCH3 is 1. The van der Waals surface area contributed by atoms with Crippen molar-refractivity contribution in [2.45, 2.75) is 45.2 Å². The minimum absolute atomic E-state index is 0.0364. The van der Waals surface area contributed by atoms with Crippen molar-refractivity contribution in [1.82, 2.24) is 4.90 Å². The van der Waals surface area contributed by atoms with Gasteiger partial charge >= 0.3 is 0 Å². The maximum Gasteiger partial charge on any atom is 0.0615 e. The van der Waals surface area contributed by atoms with E-state index in [0.29, 0.717) is 6.04 Å². The first-order valence-electron chi connectivity index (χ1n) is 5.35. The molecule has 0 aromatic carbocycles. The number of hydrogen-bond donors (Lipinski definition) is 1. The maximum atomic E-state index is 5.91. The molecule has 0 aromatic heterocycles. The van der Waals surface area contributed by atoms with E-state index < -0.39 is 0 Å². The molecule has 0 heterocycles. The molecule has 0 aliphatic rings. The second kappa shape index (κ2) is 6.38. The van der Waals surface area contributed by atoms with Crippen LogP contribution in [0, 0.1) is 0 Å². The standard InChI is InChI=1S/C11H26N2O/c1-10(9-14-5)13(4)8-6-7-11(2,3)12/h10H,6-9,12H2,1-5H3. The van der Waals surface area contributed by atoms with Crippen LogP contribution in [-0.4, -0.2) is 43.8 Å². The van der Waals surface area contributed by atoms with E-state index in [4.69, 9.17) is 10.5 Å². The number of rotatable bonds is 7. The van der Waals surface area contributed by atoms with Gasteiger partial charge in [-0.05, 0) is 47.2 Å². The van der Waals surface area contributed by atoms with Crippen LogP contribution in [0.4, 0.5) is 0 Å². The molecule has 1 atom stereocenters. The van der Waals surface area contributed by atoms with E-state index >= 15 is 0 Å². The normalized spacial score (nSPS) is 14.8. The first kappa shape index (κ1) is 13.9. The van der Waals surface area contributed by atoms with Crippen molar-refractivity contribution in [2.75, 3.05) is 27.3 Å². The van der Waals surface area contributed by atoms with E-state index in [2.05, 4.69) is 32.7 Å². The first-order chi connectivity index (χ1) is 6.37. The van der Waals surface area contributed by atoms with Crippen molar-refractivity contribution in [3.63, 3.8) is 0 Å². The second-order valence-corrected chi connectivity index (χ2v) is 4.88. The lowest BCUT2D eigenvalue weighted by Crippen LogP contribution is -2.36. The second-order valence-electron chi connectivity index (χ2n) is 4.88. The molecule has 0 saturated heterocycles. The minimum atomic E-state index is -0.0364. The van der Waals surface area contributed by atoms with Gasteiger partial charge in [0.25, 0.3) is 0 Å². The van der Waals surface area contributed by atoms with Gasteiger partial charge in [-0.1, -0.05) is 0 Å². The summed E-state index contributed by atoms with van der Waals surface area (Å²) in [5.74, 6) is 0. The zero-order valence-corrected chi connectivity index (χ0v) is 10.3. The SMILES string of the molecule is COCC(C)N(C)CCCC(C)(C)N. The van der Waals surface area contributed by atoms with Gasteiger partial charge in [0.05, 0.1) is 6.61 Å². The van der Waals surface area contributed by atoms with Gasteiger partial charge in [-0.25, -0.2) is 0 Å². The van der Waals surface area contributed by atoms with Crippen LogP contribution >= 0.6 is 0 Å². The van der Waals surface area contributed by atoms with Crippen LogP contribution in [0.1, 0.15) is 33.6 Å². The van der Waals surface area contributed by atoms with Crippen molar-refractivity contribution < 1.29 is 4.74 Å². The first-order valence-corrected chi connectivity index (χ1v) is 5.35. The van der Waals surface area contributed by atoms with Gasteiger partial charge in [0.2, 0.25) is 0 Å². The fourth-order valence-corrected chi connectivity index (χ4v) is 1.37. The summed E-state index contributed by atoms with van der Waals surface area (Å²) in [6, 6.07) is 0.487. The third-order valence-electron chi connectivity index (χ3n) is 2.49. The molecule has 0 fully saturated rings. The molecule has 14 heavy (non-hydrogen) atoms. The molecular formula is C11H26N2O. The van der Waals surface area contributed by atoms with Crippen LogP contribution in [0.25, 0.3) is 0 Å².